The quantitative estimate of drug-likeness (QED) is 0.440. The Bertz CT molecular complexity index is 1100. The summed E-state index contributed by atoms with van der Waals surface area (Å²) in [6, 6.07) is 11.6. The number of nitriles is 1. The van der Waals surface area contributed by atoms with Crippen LogP contribution in [0, 0.1) is 25.2 Å². The molecule has 0 atom stereocenters. The largest absolute Gasteiger partial charge is 0.340 e. The van der Waals surface area contributed by atoms with Crippen LogP contribution in [-0.2, 0) is 10.1 Å². The number of nitrogens with zero attached hydrogens (tertiary/aromatic N) is 2. The standard InChI is InChI=1S/C21H22N4O3S/c1-4-17(10-8-9-13-29(26,27)28)23-20-16(3)15(2)19(14-22)21(25-20)24-18-11-6-5-7-12-18/h4-12H,1,13H2,2-3H3,(H2,23,24,25)(H,26,27,28)/b9-8-,17-10+. The van der Waals surface area contributed by atoms with Gasteiger partial charge in [0.25, 0.3) is 10.1 Å². The second kappa shape index (κ2) is 9.68. The van der Waals surface area contributed by atoms with Gasteiger partial charge in [0.1, 0.15) is 11.9 Å². The van der Waals surface area contributed by atoms with E-state index in [-0.39, 0.29) is 0 Å². The van der Waals surface area contributed by atoms with E-state index in [0.29, 0.717) is 22.9 Å². The fraction of sp³-hybridized carbons (Fsp3) is 0.143. The molecule has 150 valence electrons. The van der Waals surface area contributed by atoms with Crippen molar-refractivity contribution in [1.29, 1.82) is 5.26 Å². The summed E-state index contributed by atoms with van der Waals surface area (Å²) >= 11 is 0. The maximum Gasteiger partial charge on any atom is 0.268 e. The molecule has 7 nitrogen and oxygen atoms in total. The summed E-state index contributed by atoms with van der Waals surface area (Å²) in [6.45, 7) is 7.43. The highest BCUT2D eigenvalue weighted by Gasteiger charge is 2.15. The first-order chi connectivity index (χ1) is 13.7. The van der Waals surface area contributed by atoms with Gasteiger partial charge in [0, 0.05) is 11.4 Å². The predicted octanol–water partition coefficient (Wildman–Crippen LogP) is 4.24. The molecule has 0 spiro atoms. The molecule has 2 aromatic rings. The lowest BCUT2D eigenvalue weighted by atomic mass is 10.1. The summed E-state index contributed by atoms with van der Waals surface area (Å²) in [6.07, 6.45) is 5.97. The minimum absolute atomic E-state index is 0.426. The van der Waals surface area contributed by atoms with Gasteiger partial charge in [-0.15, -0.1) is 0 Å². The van der Waals surface area contributed by atoms with E-state index in [0.717, 1.165) is 16.8 Å². The third-order valence-corrected chi connectivity index (χ3v) is 4.72. The number of rotatable bonds is 8. The van der Waals surface area contributed by atoms with Gasteiger partial charge in [-0.2, -0.15) is 13.7 Å². The van der Waals surface area contributed by atoms with Crippen LogP contribution in [0.1, 0.15) is 16.7 Å². The highest BCUT2D eigenvalue weighted by atomic mass is 32.2. The monoisotopic (exact) mass is 410 g/mol. The van der Waals surface area contributed by atoms with Gasteiger partial charge in [-0.1, -0.05) is 36.9 Å². The molecule has 0 radical (unpaired) electrons. The highest BCUT2D eigenvalue weighted by Crippen LogP contribution is 2.28. The third-order valence-electron chi connectivity index (χ3n) is 4.10. The van der Waals surface area contributed by atoms with Crippen LogP contribution in [0.5, 0.6) is 0 Å². The smallest absolute Gasteiger partial charge is 0.268 e. The van der Waals surface area contributed by atoms with Crippen molar-refractivity contribution in [2.45, 2.75) is 13.8 Å². The molecule has 0 aliphatic carbocycles. The molecule has 0 saturated heterocycles. The molecule has 1 aromatic carbocycles. The topological polar surface area (TPSA) is 115 Å². The van der Waals surface area contributed by atoms with Crippen LogP contribution >= 0.6 is 0 Å². The molecule has 0 fully saturated rings. The fourth-order valence-electron chi connectivity index (χ4n) is 2.45. The van der Waals surface area contributed by atoms with Gasteiger partial charge in [-0.25, -0.2) is 4.98 Å². The van der Waals surface area contributed by atoms with E-state index in [1.54, 1.807) is 12.2 Å². The van der Waals surface area contributed by atoms with Crippen molar-refractivity contribution in [3.63, 3.8) is 0 Å². The molecule has 2 rings (SSSR count). The summed E-state index contributed by atoms with van der Waals surface area (Å²) < 4.78 is 30.3. The molecule has 0 aliphatic rings. The van der Waals surface area contributed by atoms with Crippen LogP contribution in [-0.4, -0.2) is 23.7 Å². The van der Waals surface area contributed by atoms with Crippen LogP contribution in [0.2, 0.25) is 0 Å². The van der Waals surface area contributed by atoms with Crippen LogP contribution in [0.15, 0.2) is 66.9 Å². The minimum Gasteiger partial charge on any atom is -0.340 e. The fourth-order valence-corrected chi connectivity index (χ4v) is 2.80. The van der Waals surface area contributed by atoms with Crippen LogP contribution in [0.25, 0.3) is 0 Å². The molecule has 0 unspecified atom stereocenters. The summed E-state index contributed by atoms with van der Waals surface area (Å²) in [7, 11) is -4.06. The van der Waals surface area contributed by atoms with Gasteiger partial charge in [0.2, 0.25) is 0 Å². The molecule has 0 saturated carbocycles. The Morgan fingerprint density at radius 1 is 1.24 bits per heavy atom. The number of para-hydroxylation sites is 1. The highest BCUT2D eigenvalue weighted by molar-refractivity contribution is 7.85. The minimum atomic E-state index is -4.06. The predicted molar refractivity (Wildman–Crippen MR) is 116 cm³/mol. The summed E-state index contributed by atoms with van der Waals surface area (Å²) in [5.41, 5.74) is 3.41. The molecule has 0 bridgehead atoms. The lowest BCUT2D eigenvalue weighted by Gasteiger charge is -2.16. The number of benzene rings is 1. The zero-order valence-electron chi connectivity index (χ0n) is 16.2. The molecule has 0 aliphatic heterocycles. The van der Waals surface area contributed by atoms with Crippen molar-refractivity contribution in [3.05, 3.63) is 83.6 Å². The van der Waals surface area contributed by atoms with Gasteiger partial charge in [0.15, 0.2) is 5.82 Å². The maximum atomic E-state index is 10.8. The van der Waals surface area contributed by atoms with E-state index in [9.17, 15) is 13.7 Å². The Kier molecular flexibility index (Phi) is 7.31. The van der Waals surface area contributed by atoms with Crippen molar-refractivity contribution >= 4 is 27.4 Å². The number of anilines is 3. The van der Waals surface area contributed by atoms with Crippen molar-refractivity contribution in [3.8, 4) is 6.07 Å². The van der Waals surface area contributed by atoms with Gasteiger partial charge in [-0.3, -0.25) is 4.55 Å². The van der Waals surface area contributed by atoms with E-state index in [1.165, 1.54) is 12.2 Å². The number of hydrogen-bond donors (Lipinski definition) is 3. The molecule has 1 heterocycles. The van der Waals surface area contributed by atoms with E-state index in [4.69, 9.17) is 4.55 Å². The van der Waals surface area contributed by atoms with E-state index in [2.05, 4.69) is 28.3 Å². The van der Waals surface area contributed by atoms with E-state index >= 15 is 0 Å². The number of pyridine rings is 1. The summed E-state index contributed by atoms with van der Waals surface area (Å²) in [4.78, 5) is 4.56. The van der Waals surface area contributed by atoms with Gasteiger partial charge >= 0.3 is 0 Å². The second-order valence-corrected chi connectivity index (χ2v) is 7.66. The number of nitrogens with one attached hydrogen (secondary N) is 2. The van der Waals surface area contributed by atoms with Gasteiger partial charge < -0.3 is 10.6 Å². The van der Waals surface area contributed by atoms with Gasteiger partial charge in [-0.05, 0) is 49.3 Å². The molecular formula is C21H22N4O3S. The number of hydrogen-bond acceptors (Lipinski definition) is 6. The van der Waals surface area contributed by atoms with Crippen LogP contribution in [0.4, 0.5) is 17.3 Å². The van der Waals surface area contributed by atoms with Crippen LogP contribution < -0.4 is 10.6 Å². The molecule has 29 heavy (non-hydrogen) atoms. The Morgan fingerprint density at radius 3 is 2.52 bits per heavy atom. The first-order valence-electron chi connectivity index (χ1n) is 8.70. The average Bonchev–Trinajstić information content (AvgIpc) is 2.68. The third kappa shape index (κ3) is 6.31. The van der Waals surface area contributed by atoms with Crippen molar-refractivity contribution < 1.29 is 13.0 Å². The van der Waals surface area contributed by atoms with E-state index < -0.39 is 15.9 Å². The molecule has 1 aromatic heterocycles. The average molecular weight is 410 g/mol. The zero-order valence-corrected chi connectivity index (χ0v) is 17.0. The molecule has 8 heteroatoms. The van der Waals surface area contributed by atoms with Crippen molar-refractivity contribution in [2.75, 3.05) is 16.4 Å². The Balaban J connectivity index is 2.36. The maximum absolute atomic E-state index is 10.8. The van der Waals surface area contributed by atoms with E-state index in [1.807, 2.05) is 44.2 Å². The van der Waals surface area contributed by atoms with Gasteiger partial charge in [0.05, 0.1) is 11.3 Å². The molecule has 0 amide bonds. The lowest BCUT2D eigenvalue weighted by Crippen LogP contribution is -2.08. The summed E-state index contributed by atoms with van der Waals surface area (Å²) in [5, 5.41) is 15.9. The normalized spacial score (nSPS) is 11.9. The molecular weight excluding hydrogens is 388 g/mol. The number of allylic oxidation sites excluding steroid dienone is 3. The Morgan fingerprint density at radius 2 is 1.93 bits per heavy atom. The summed E-state index contributed by atoms with van der Waals surface area (Å²) in [5.74, 6) is 0.482. The number of aromatic nitrogens is 1. The Labute approximate surface area is 170 Å². The Hall–Kier alpha value is -3.41. The SMILES string of the molecule is C=C/C(=C\C=C/CS(=O)(=O)O)Nc1nc(Nc2ccccc2)c(C#N)c(C)c1C. The van der Waals surface area contributed by atoms with Crippen LogP contribution in [0.3, 0.4) is 0 Å². The lowest BCUT2D eigenvalue weighted by molar-refractivity contribution is 0.486. The first kappa shape index (κ1) is 21.9. The molecule has 3 N–H and O–H groups in total. The first-order valence-corrected chi connectivity index (χ1v) is 10.3. The zero-order chi connectivity index (χ0) is 21.4. The van der Waals surface area contributed by atoms with Crippen molar-refractivity contribution in [2.24, 2.45) is 0 Å². The second-order valence-electron chi connectivity index (χ2n) is 6.16. The van der Waals surface area contributed by atoms with Crippen molar-refractivity contribution in [1.82, 2.24) is 4.98 Å².